The first-order valence-electron chi connectivity index (χ1n) is 8.59. The molecular formula is C19H17N5S. The van der Waals surface area contributed by atoms with E-state index in [9.17, 15) is 0 Å². The molecule has 0 aliphatic heterocycles. The normalized spacial score (nSPS) is 13.9. The summed E-state index contributed by atoms with van der Waals surface area (Å²) in [4.78, 5) is 4.98. The Bertz CT molecular complexity index is 1030. The molecule has 0 bridgehead atoms. The molecule has 5 rings (SSSR count). The number of aryl methyl sites for hydroxylation is 2. The Balaban J connectivity index is 1.47. The third-order valence-electron chi connectivity index (χ3n) is 4.72. The molecular weight excluding hydrogens is 330 g/mol. The first-order valence-corrected chi connectivity index (χ1v) is 9.41. The lowest BCUT2D eigenvalue weighted by molar-refractivity contribution is 0.684. The fourth-order valence-corrected chi connectivity index (χ4v) is 4.34. The zero-order valence-electron chi connectivity index (χ0n) is 13.7. The van der Waals surface area contributed by atoms with E-state index in [1.807, 2.05) is 16.6 Å². The highest BCUT2D eigenvalue weighted by Crippen LogP contribution is 2.25. The predicted molar refractivity (Wildman–Crippen MR) is 97.8 cm³/mol. The van der Waals surface area contributed by atoms with Gasteiger partial charge in [0.25, 0.3) is 0 Å². The average Bonchev–Trinajstić information content (AvgIpc) is 3.22. The van der Waals surface area contributed by atoms with Crippen LogP contribution >= 0.6 is 11.3 Å². The van der Waals surface area contributed by atoms with E-state index in [-0.39, 0.29) is 0 Å². The number of nitrogens with zero attached hydrogens (tertiary/aromatic N) is 5. The lowest BCUT2D eigenvalue weighted by Gasteiger charge is -2.16. The molecule has 3 aromatic heterocycles. The van der Waals surface area contributed by atoms with Gasteiger partial charge in [-0.1, -0.05) is 29.5 Å². The van der Waals surface area contributed by atoms with Crippen molar-refractivity contribution in [2.24, 2.45) is 0 Å². The van der Waals surface area contributed by atoms with Gasteiger partial charge in [0.05, 0.1) is 0 Å². The largest absolute Gasteiger partial charge is 0.264 e. The van der Waals surface area contributed by atoms with E-state index >= 15 is 0 Å². The number of benzene rings is 1. The minimum absolute atomic E-state index is 0.746. The fraction of sp³-hybridized carbons (Fsp3) is 0.263. The van der Waals surface area contributed by atoms with Crippen molar-refractivity contribution in [2.45, 2.75) is 32.1 Å². The van der Waals surface area contributed by atoms with E-state index in [1.54, 1.807) is 23.7 Å². The van der Waals surface area contributed by atoms with E-state index in [0.29, 0.717) is 0 Å². The quantitative estimate of drug-likeness (QED) is 0.567. The summed E-state index contributed by atoms with van der Waals surface area (Å²) in [6.07, 6.45) is 9.44. The first-order chi connectivity index (χ1) is 12.4. The lowest BCUT2D eigenvalue weighted by Crippen LogP contribution is -2.03. The van der Waals surface area contributed by atoms with Crippen LogP contribution in [-0.4, -0.2) is 24.8 Å². The summed E-state index contributed by atoms with van der Waals surface area (Å²) in [5.41, 5.74) is 5.30. The van der Waals surface area contributed by atoms with Crippen molar-refractivity contribution in [1.29, 1.82) is 0 Å². The Kier molecular flexibility index (Phi) is 3.56. The van der Waals surface area contributed by atoms with Gasteiger partial charge in [0.2, 0.25) is 4.96 Å². The maximum atomic E-state index is 4.74. The summed E-state index contributed by atoms with van der Waals surface area (Å²) >= 11 is 1.60. The van der Waals surface area contributed by atoms with Crippen LogP contribution < -0.4 is 0 Å². The summed E-state index contributed by atoms with van der Waals surface area (Å²) in [6, 6.07) is 10.8. The molecule has 0 saturated heterocycles. The summed E-state index contributed by atoms with van der Waals surface area (Å²) in [7, 11) is 0. The van der Waals surface area contributed by atoms with Crippen molar-refractivity contribution >= 4 is 16.3 Å². The van der Waals surface area contributed by atoms with Gasteiger partial charge in [-0.05, 0) is 54.5 Å². The van der Waals surface area contributed by atoms with Crippen LogP contribution in [0.5, 0.6) is 0 Å². The minimum Gasteiger partial charge on any atom is -0.264 e. The number of hydrogen-bond acceptors (Lipinski definition) is 5. The Labute approximate surface area is 149 Å². The van der Waals surface area contributed by atoms with Gasteiger partial charge in [-0.2, -0.15) is 9.61 Å². The monoisotopic (exact) mass is 347 g/mol. The van der Waals surface area contributed by atoms with Gasteiger partial charge < -0.3 is 0 Å². The molecule has 25 heavy (non-hydrogen) atoms. The van der Waals surface area contributed by atoms with Crippen molar-refractivity contribution in [3.05, 3.63) is 64.4 Å². The molecule has 5 nitrogen and oxygen atoms in total. The van der Waals surface area contributed by atoms with E-state index < -0.39 is 0 Å². The van der Waals surface area contributed by atoms with Crippen molar-refractivity contribution in [2.75, 3.05) is 0 Å². The smallest absolute Gasteiger partial charge is 0.234 e. The molecule has 0 N–H and O–H groups in total. The van der Waals surface area contributed by atoms with Gasteiger partial charge in [0.1, 0.15) is 5.01 Å². The molecule has 1 aliphatic rings. The van der Waals surface area contributed by atoms with Crippen molar-refractivity contribution in [1.82, 2.24) is 24.8 Å². The summed E-state index contributed by atoms with van der Waals surface area (Å²) in [6.45, 7) is 0. The molecule has 0 saturated carbocycles. The highest BCUT2D eigenvalue weighted by Gasteiger charge is 2.15. The molecule has 1 aliphatic carbocycles. The lowest BCUT2D eigenvalue weighted by atomic mass is 9.90. The van der Waals surface area contributed by atoms with Crippen LogP contribution in [0.3, 0.4) is 0 Å². The molecule has 124 valence electrons. The van der Waals surface area contributed by atoms with Crippen LogP contribution in [-0.2, 0) is 19.3 Å². The zero-order chi connectivity index (χ0) is 16.6. The number of aromatic nitrogens is 5. The molecule has 0 atom stereocenters. The Hall–Kier alpha value is -2.60. The fourth-order valence-electron chi connectivity index (χ4n) is 3.47. The number of hydrogen-bond donors (Lipinski definition) is 0. The second kappa shape index (κ2) is 6.04. The second-order valence-corrected chi connectivity index (χ2v) is 7.48. The maximum Gasteiger partial charge on any atom is 0.234 e. The van der Waals surface area contributed by atoms with Gasteiger partial charge >= 0.3 is 0 Å². The topological polar surface area (TPSA) is 56.0 Å². The van der Waals surface area contributed by atoms with Crippen molar-refractivity contribution < 1.29 is 0 Å². The van der Waals surface area contributed by atoms with Crippen molar-refractivity contribution in [3.63, 3.8) is 0 Å². The Morgan fingerprint density at radius 2 is 1.96 bits per heavy atom. The SMILES string of the molecule is c1cncc(-c2nnc3sc(Cc4ccc5c(c4)CCCC5)nn23)c1. The van der Waals surface area contributed by atoms with Gasteiger partial charge in [-0.15, -0.1) is 10.2 Å². The van der Waals surface area contributed by atoms with Crippen molar-refractivity contribution in [3.8, 4) is 11.4 Å². The van der Waals surface area contributed by atoms with Gasteiger partial charge in [0, 0.05) is 24.4 Å². The van der Waals surface area contributed by atoms with Crippen LogP contribution in [0.1, 0.15) is 34.5 Å². The van der Waals surface area contributed by atoms with E-state index in [2.05, 4.69) is 33.4 Å². The van der Waals surface area contributed by atoms with Crippen LogP contribution in [0, 0.1) is 0 Å². The molecule has 0 spiro atoms. The molecule has 3 heterocycles. The average molecular weight is 347 g/mol. The number of pyridine rings is 1. The van der Waals surface area contributed by atoms with E-state index in [4.69, 9.17) is 5.10 Å². The summed E-state index contributed by atoms with van der Waals surface area (Å²) in [5, 5.41) is 14.3. The van der Waals surface area contributed by atoms with Gasteiger partial charge in [-0.25, -0.2) is 0 Å². The van der Waals surface area contributed by atoms with Crippen LogP contribution in [0.15, 0.2) is 42.7 Å². The molecule has 0 unspecified atom stereocenters. The predicted octanol–water partition coefficient (Wildman–Crippen LogP) is 3.72. The Morgan fingerprint density at radius 1 is 1.04 bits per heavy atom. The van der Waals surface area contributed by atoms with Crippen LogP contribution in [0.4, 0.5) is 0 Å². The van der Waals surface area contributed by atoms with E-state index in [0.717, 1.165) is 27.8 Å². The second-order valence-electron chi connectivity index (χ2n) is 6.44. The Morgan fingerprint density at radius 3 is 2.84 bits per heavy atom. The van der Waals surface area contributed by atoms with Crippen LogP contribution in [0.25, 0.3) is 16.3 Å². The molecule has 6 heteroatoms. The maximum absolute atomic E-state index is 4.74. The standard InChI is InChI=1S/C19H17N5S/c1-2-5-15-10-13(7-8-14(15)4-1)11-17-23-24-18(21-22-19(24)25-17)16-6-3-9-20-12-16/h3,6-10,12H,1-2,4-5,11H2. The minimum atomic E-state index is 0.746. The first kappa shape index (κ1) is 14.7. The molecule has 4 aromatic rings. The molecule has 0 radical (unpaired) electrons. The highest BCUT2D eigenvalue weighted by atomic mass is 32.1. The van der Waals surface area contributed by atoms with E-state index in [1.165, 1.54) is 42.4 Å². The number of fused-ring (bicyclic) bond motifs is 2. The highest BCUT2D eigenvalue weighted by molar-refractivity contribution is 7.16. The molecule has 0 fully saturated rings. The van der Waals surface area contributed by atoms with Gasteiger partial charge in [0.15, 0.2) is 5.82 Å². The summed E-state index contributed by atoms with van der Waals surface area (Å²) < 4.78 is 1.83. The third kappa shape index (κ3) is 2.72. The molecule has 1 aromatic carbocycles. The number of rotatable bonds is 3. The third-order valence-corrected chi connectivity index (χ3v) is 5.62. The molecule has 0 amide bonds. The zero-order valence-corrected chi connectivity index (χ0v) is 14.5. The summed E-state index contributed by atoms with van der Waals surface area (Å²) in [5.74, 6) is 0.746. The van der Waals surface area contributed by atoms with Crippen LogP contribution in [0.2, 0.25) is 0 Å². The van der Waals surface area contributed by atoms with Gasteiger partial charge in [-0.3, -0.25) is 4.98 Å².